The number of nitrogens with zero attached hydrogens (tertiary/aromatic N) is 1. The van der Waals surface area contributed by atoms with Crippen LogP contribution in [0, 0.1) is 0 Å². The van der Waals surface area contributed by atoms with Crippen LogP contribution >= 0.6 is 0 Å². The SMILES string of the molecule is CCN(CC)C(=O)CC(c1ccco1)c1ccccc1OC. The molecule has 0 aliphatic rings. The summed E-state index contributed by atoms with van der Waals surface area (Å²) in [7, 11) is 1.64. The molecule has 1 amide bonds. The predicted octanol–water partition coefficient (Wildman–Crippen LogP) is 3.68. The third-order valence-electron chi connectivity index (χ3n) is 3.90. The molecule has 0 aliphatic carbocycles. The van der Waals surface area contributed by atoms with Gasteiger partial charge in [-0.25, -0.2) is 0 Å². The average Bonchev–Trinajstić information content (AvgIpc) is 3.08. The second kappa shape index (κ2) is 7.69. The van der Waals surface area contributed by atoms with Crippen LogP contribution in [0.5, 0.6) is 5.75 Å². The molecule has 0 saturated heterocycles. The number of benzene rings is 1. The number of carbonyl (C=O) groups is 1. The van der Waals surface area contributed by atoms with E-state index < -0.39 is 0 Å². The maximum Gasteiger partial charge on any atom is 0.223 e. The lowest BCUT2D eigenvalue weighted by Gasteiger charge is -2.23. The fraction of sp³-hybridized carbons (Fsp3) is 0.389. The van der Waals surface area contributed by atoms with E-state index in [9.17, 15) is 4.79 Å². The Hall–Kier alpha value is -2.23. The van der Waals surface area contributed by atoms with E-state index in [0.717, 1.165) is 17.1 Å². The van der Waals surface area contributed by atoms with Crippen LogP contribution < -0.4 is 4.74 Å². The number of para-hydroxylation sites is 1. The van der Waals surface area contributed by atoms with E-state index in [1.54, 1.807) is 13.4 Å². The minimum atomic E-state index is -0.140. The summed E-state index contributed by atoms with van der Waals surface area (Å²) in [5, 5.41) is 0. The number of amides is 1. The first-order valence-corrected chi connectivity index (χ1v) is 7.65. The maximum atomic E-state index is 12.5. The van der Waals surface area contributed by atoms with Crippen LogP contribution in [-0.4, -0.2) is 31.0 Å². The van der Waals surface area contributed by atoms with Crippen LogP contribution in [0.2, 0.25) is 0 Å². The quantitative estimate of drug-likeness (QED) is 0.783. The first-order chi connectivity index (χ1) is 10.7. The molecule has 0 radical (unpaired) electrons. The molecule has 1 atom stereocenters. The van der Waals surface area contributed by atoms with Crippen molar-refractivity contribution in [1.29, 1.82) is 0 Å². The Morgan fingerprint density at radius 1 is 1.18 bits per heavy atom. The molecule has 0 aliphatic heterocycles. The van der Waals surface area contributed by atoms with E-state index >= 15 is 0 Å². The summed E-state index contributed by atoms with van der Waals surface area (Å²) in [6, 6.07) is 11.5. The van der Waals surface area contributed by atoms with Gasteiger partial charge in [0.2, 0.25) is 5.91 Å². The first-order valence-electron chi connectivity index (χ1n) is 7.65. The van der Waals surface area contributed by atoms with Gasteiger partial charge in [0.1, 0.15) is 11.5 Å². The van der Waals surface area contributed by atoms with Crippen LogP contribution in [0.1, 0.15) is 37.5 Å². The Balaban J connectivity index is 2.34. The Kier molecular flexibility index (Phi) is 5.64. The molecule has 1 aromatic heterocycles. The number of hydrogen-bond acceptors (Lipinski definition) is 3. The zero-order chi connectivity index (χ0) is 15.9. The molecular weight excluding hydrogens is 278 g/mol. The van der Waals surface area contributed by atoms with E-state index in [1.807, 2.05) is 55.1 Å². The fourth-order valence-electron chi connectivity index (χ4n) is 2.69. The summed E-state index contributed by atoms with van der Waals surface area (Å²) < 4.78 is 11.0. The summed E-state index contributed by atoms with van der Waals surface area (Å²) in [5.74, 6) is 1.54. The van der Waals surface area contributed by atoms with Crippen molar-refractivity contribution in [3.8, 4) is 5.75 Å². The van der Waals surface area contributed by atoms with Crippen molar-refractivity contribution in [2.45, 2.75) is 26.2 Å². The summed E-state index contributed by atoms with van der Waals surface area (Å²) >= 11 is 0. The molecule has 4 nitrogen and oxygen atoms in total. The lowest BCUT2D eigenvalue weighted by molar-refractivity contribution is -0.131. The molecule has 0 fully saturated rings. The second-order valence-corrected chi connectivity index (χ2v) is 5.08. The van der Waals surface area contributed by atoms with Gasteiger partial charge in [-0.15, -0.1) is 0 Å². The predicted molar refractivity (Wildman–Crippen MR) is 86.1 cm³/mol. The molecule has 118 valence electrons. The molecule has 0 N–H and O–H groups in total. The van der Waals surface area contributed by atoms with Gasteiger partial charge in [0, 0.05) is 25.1 Å². The number of hydrogen-bond donors (Lipinski definition) is 0. The fourth-order valence-corrected chi connectivity index (χ4v) is 2.69. The van der Waals surface area contributed by atoms with Crippen LogP contribution in [0.4, 0.5) is 0 Å². The number of methoxy groups -OCH3 is 1. The zero-order valence-electron chi connectivity index (χ0n) is 13.4. The largest absolute Gasteiger partial charge is 0.496 e. The van der Waals surface area contributed by atoms with Crippen molar-refractivity contribution >= 4 is 5.91 Å². The minimum Gasteiger partial charge on any atom is -0.496 e. The Morgan fingerprint density at radius 2 is 1.91 bits per heavy atom. The van der Waals surface area contributed by atoms with E-state index in [0.29, 0.717) is 19.5 Å². The smallest absolute Gasteiger partial charge is 0.223 e. The highest BCUT2D eigenvalue weighted by molar-refractivity contribution is 5.77. The highest BCUT2D eigenvalue weighted by Crippen LogP contribution is 2.34. The second-order valence-electron chi connectivity index (χ2n) is 5.08. The number of furan rings is 1. The lowest BCUT2D eigenvalue weighted by Crippen LogP contribution is -2.31. The van der Waals surface area contributed by atoms with Crippen LogP contribution in [0.25, 0.3) is 0 Å². The number of rotatable bonds is 7. The van der Waals surface area contributed by atoms with Crippen molar-refractivity contribution in [2.75, 3.05) is 20.2 Å². The van der Waals surface area contributed by atoms with Gasteiger partial charge in [-0.05, 0) is 32.0 Å². The Morgan fingerprint density at radius 3 is 2.50 bits per heavy atom. The van der Waals surface area contributed by atoms with Gasteiger partial charge in [0.25, 0.3) is 0 Å². The molecule has 0 saturated carbocycles. The molecule has 0 bridgehead atoms. The van der Waals surface area contributed by atoms with Crippen molar-refractivity contribution < 1.29 is 13.9 Å². The number of carbonyl (C=O) groups excluding carboxylic acids is 1. The van der Waals surface area contributed by atoms with Gasteiger partial charge in [0.05, 0.1) is 19.3 Å². The van der Waals surface area contributed by atoms with Gasteiger partial charge in [-0.3, -0.25) is 4.79 Å². The maximum absolute atomic E-state index is 12.5. The Bertz CT molecular complexity index is 588. The molecule has 22 heavy (non-hydrogen) atoms. The molecule has 0 spiro atoms. The summed E-state index contributed by atoms with van der Waals surface area (Å²) in [6.45, 7) is 5.41. The van der Waals surface area contributed by atoms with E-state index in [4.69, 9.17) is 9.15 Å². The first kappa shape index (κ1) is 16.1. The van der Waals surface area contributed by atoms with Crippen molar-refractivity contribution in [2.24, 2.45) is 0 Å². The van der Waals surface area contributed by atoms with Crippen molar-refractivity contribution in [3.63, 3.8) is 0 Å². The lowest BCUT2D eigenvalue weighted by atomic mass is 9.91. The molecular formula is C18H23NO3. The zero-order valence-corrected chi connectivity index (χ0v) is 13.4. The topological polar surface area (TPSA) is 42.7 Å². The third-order valence-corrected chi connectivity index (χ3v) is 3.90. The minimum absolute atomic E-state index is 0.123. The molecule has 1 heterocycles. The van der Waals surface area contributed by atoms with E-state index in [1.165, 1.54) is 0 Å². The third kappa shape index (κ3) is 3.50. The standard InChI is InChI=1S/C18H23NO3/c1-4-19(5-2)18(20)13-15(17-11-8-12-22-17)14-9-6-7-10-16(14)21-3/h6-12,15H,4-5,13H2,1-3H3. The number of ether oxygens (including phenoxy) is 1. The molecule has 1 aromatic carbocycles. The highest BCUT2D eigenvalue weighted by Gasteiger charge is 2.25. The normalized spacial score (nSPS) is 12.0. The average molecular weight is 301 g/mol. The summed E-state index contributed by atoms with van der Waals surface area (Å²) in [6.07, 6.45) is 2.01. The van der Waals surface area contributed by atoms with Crippen molar-refractivity contribution in [1.82, 2.24) is 4.90 Å². The molecule has 1 unspecified atom stereocenters. The summed E-state index contributed by atoms with van der Waals surface area (Å²) in [4.78, 5) is 14.4. The Labute approximate surface area is 131 Å². The van der Waals surface area contributed by atoms with E-state index in [2.05, 4.69) is 0 Å². The molecule has 2 rings (SSSR count). The molecule has 2 aromatic rings. The van der Waals surface area contributed by atoms with Crippen LogP contribution in [0.3, 0.4) is 0 Å². The van der Waals surface area contributed by atoms with Crippen LogP contribution in [0.15, 0.2) is 47.1 Å². The van der Waals surface area contributed by atoms with Gasteiger partial charge < -0.3 is 14.1 Å². The van der Waals surface area contributed by atoms with Crippen molar-refractivity contribution in [3.05, 3.63) is 54.0 Å². The van der Waals surface area contributed by atoms with Gasteiger partial charge >= 0.3 is 0 Å². The molecule has 4 heteroatoms. The van der Waals surface area contributed by atoms with Gasteiger partial charge in [-0.2, -0.15) is 0 Å². The van der Waals surface area contributed by atoms with Gasteiger partial charge in [0.15, 0.2) is 0 Å². The van der Waals surface area contributed by atoms with E-state index in [-0.39, 0.29) is 11.8 Å². The van der Waals surface area contributed by atoms with Crippen LogP contribution in [-0.2, 0) is 4.79 Å². The monoisotopic (exact) mass is 301 g/mol. The van der Waals surface area contributed by atoms with Gasteiger partial charge in [-0.1, -0.05) is 18.2 Å². The summed E-state index contributed by atoms with van der Waals surface area (Å²) in [5.41, 5.74) is 0.973. The highest BCUT2D eigenvalue weighted by atomic mass is 16.5.